The van der Waals surface area contributed by atoms with Gasteiger partial charge in [0.2, 0.25) is 5.69 Å². The fourth-order valence-electron chi connectivity index (χ4n) is 1.96. The summed E-state index contributed by atoms with van der Waals surface area (Å²) >= 11 is 0. The number of H-pyrrole nitrogens is 1. The predicted molar refractivity (Wildman–Crippen MR) is 76.0 cm³/mol. The zero-order valence-corrected chi connectivity index (χ0v) is 11.1. The number of rotatable bonds is 3. The summed E-state index contributed by atoms with van der Waals surface area (Å²) in [5, 5.41) is 0. The number of aromatic nitrogens is 3. The van der Waals surface area contributed by atoms with Gasteiger partial charge in [-0.05, 0) is 18.2 Å². The standard InChI is InChI=1S/C16H13N3O/c1-20-12-10-15(13-6-2-4-8-17-13)19-16(11-12)14-7-3-5-9-18-14/h2-11H,1H3/p+1. The zero-order chi connectivity index (χ0) is 13.8. The fraction of sp³-hybridized carbons (Fsp3) is 0.0625. The van der Waals surface area contributed by atoms with Crippen LogP contribution < -0.4 is 9.72 Å². The first-order valence-electron chi connectivity index (χ1n) is 6.31. The molecule has 0 fully saturated rings. The smallest absolute Gasteiger partial charge is 0.229 e. The van der Waals surface area contributed by atoms with Crippen molar-refractivity contribution in [2.24, 2.45) is 0 Å². The van der Waals surface area contributed by atoms with Gasteiger partial charge in [-0.15, -0.1) is 0 Å². The van der Waals surface area contributed by atoms with E-state index in [1.165, 1.54) is 0 Å². The van der Waals surface area contributed by atoms with Crippen molar-refractivity contribution in [2.45, 2.75) is 0 Å². The summed E-state index contributed by atoms with van der Waals surface area (Å²) in [6.45, 7) is 0. The third kappa shape index (κ3) is 2.49. The first kappa shape index (κ1) is 12.3. The second-order valence-corrected chi connectivity index (χ2v) is 4.27. The Kier molecular flexibility index (Phi) is 3.37. The van der Waals surface area contributed by atoms with Gasteiger partial charge in [-0.2, -0.15) is 0 Å². The number of aromatic amines is 1. The summed E-state index contributed by atoms with van der Waals surface area (Å²) in [4.78, 5) is 12.2. The van der Waals surface area contributed by atoms with Gasteiger partial charge < -0.3 is 4.74 Å². The van der Waals surface area contributed by atoms with Crippen LogP contribution in [0.2, 0.25) is 0 Å². The van der Waals surface area contributed by atoms with E-state index < -0.39 is 0 Å². The molecule has 3 aromatic rings. The lowest BCUT2D eigenvalue weighted by Crippen LogP contribution is -2.06. The van der Waals surface area contributed by atoms with Crippen LogP contribution in [-0.2, 0) is 0 Å². The van der Waals surface area contributed by atoms with Gasteiger partial charge in [-0.3, -0.25) is 4.98 Å². The lowest BCUT2D eigenvalue weighted by Gasteiger charge is -2.05. The normalized spacial score (nSPS) is 10.2. The largest absolute Gasteiger partial charge is 0.497 e. The van der Waals surface area contributed by atoms with Crippen LogP contribution >= 0.6 is 0 Å². The molecule has 0 aromatic carbocycles. The van der Waals surface area contributed by atoms with Crippen LogP contribution in [0.25, 0.3) is 22.8 Å². The van der Waals surface area contributed by atoms with Crippen LogP contribution in [0.15, 0.2) is 60.9 Å². The summed E-state index contributed by atoms with van der Waals surface area (Å²) in [5.41, 5.74) is 3.37. The van der Waals surface area contributed by atoms with Crippen LogP contribution in [0.4, 0.5) is 0 Å². The van der Waals surface area contributed by atoms with Gasteiger partial charge >= 0.3 is 0 Å². The van der Waals surface area contributed by atoms with Crippen LogP contribution in [0.3, 0.4) is 0 Å². The van der Waals surface area contributed by atoms with Gasteiger partial charge in [0.15, 0.2) is 6.20 Å². The molecule has 0 atom stereocenters. The minimum atomic E-state index is 0.757. The average Bonchev–Trinajstić information content (AvgIpc) is 2.56. The SMILES string of the molecule is COc1cc(-c2ccccn2)nc(-c2cccc[nH+]2)c1. The third-order valence-corrected chi connectivity index (χ3v) is 2.95. The zero-order valence-electron chi connectivity index (χ0n) is 11.1. The summed E-state index contributed by atoms with van der Waals surface area (Å²) in [5.74, 6) is 0.757. The number of methoxy groups -OCH3 is 1. The summed E-state index contributed by atoms with van der Waals surface area (Å²) in [6, 6.07) is 15.4. The van der Waals surface area contributed by atoms with E-state index in [0.717, 1.165) is 28.5 Å². The Morgan fingerprint density at radius 1 is 0.950 bits per heavy atom. The monoisotopic (exact) mass is 264 g/mol. The molecule has 4 nitrogen and oxygen atoms in total. The lowest BCUT2D eigenvalue weighted by atomic mass is 10.2. The molecule has 0 radical (unpaired) electrons. The number of hydrogen-bond acceptors (Lipinski definition) is 3. The summed E-state index contributed by atoms with van der Waals surface area (Å²) in [7, 11) is 1.65. The quantitative estimate of drug-likeness (QED) is 0.730. The Bertz CT molecular complexity index is 642. The van der Waals surface area contributed by atoms with Crippen molar-refractivity contribution in [2.75, 3.05) is 7.11 Å². The lowest BCUT2D eigenvalue weighted by molar-refractivity contribution is -0.364. The first-order chi connectivity index (χ1) is 9.86. The van der Waals surface area contributed by atoms with Gasteiger partial charge in [0.1, 0.15) is 11.4 Å². The molecule has 0 amide bonds. The Hall–Kier alpha value is -2.75. The minimum Gasteiger partial charge on any atom is -0.497 e. The van der Waals surface area contributed by atoms with Crippen LogP contribution in [-0.4, -0.2) is 17.1 Å². The Morgan fingerprint density at radius 3 is 2.50 bits per heavy atom. The fourth-order valence-corrected chi connectivity index (χ4v) is 1.96. The third-order valence-electron chi connectivity index (χ3n) is 2.95. The van der Waals surface area contributed by atoms with Gasteiger partial charge in [0.25, 0.3) is 0 Å². The molecule has 3 rings (SSSR count). The first-order valence-corrected chi connectivity index (χ1v) is 6.31. The molecule has 1 N–H and O–H groups in total. The van der Waals surface area contributed by atoms with Crippen LogP contribution in [0.1, 0.15) is 0 Å². The number of pyridine rings is 3. The molecular formula is C16H14N3O+. The van der Waals surface area contributed by atoms with E-state index in [9.17, 15) is 0 Å². The van der Waals surface area contributed by atoms with E-state index in [1.54, 1.807) is 13.3 Å². The topological polar surface area (TPSA) is 49.2 Å². The van der Waals surface area contributed by atoms with Crippen LogP contribution in [0.5, 0.6) is 5.75 Å². The van der Waals surface area contributed by atoms with Crippen molar-refractivity contribution in [3.63, 3.8) is 0 Å². The van der Waals surface area contributed by atoms with Crippen molar-refractivity contribution in [3.05, 3.63) is 60.9 Å². The second kappa shape index (κ2) is 5.48. The molecule has 0 aliphatic heterocycles. The van der Waals surface area contributed by atoms with Gasteiger partial charge in [0, 0.05) is 30.5 Å². The number of hydrogen-bond donors (Lipinski definition) is 0. The Morgan fingerprint density at radius 2 is 1.80 bits per heavy atom. The van der Waals surface area contributed by atoms with Gasteiger partial charge in [0.05, 0.1) is 18.5 Å². The highest BCUT2D eigenvalue weighted by atomic mass is 16.5. The Labute approximate surface area is 117 Å². The van der Waals surface area contributed by atoms with Crippen molar-refractivity contribution in [3.8, 4) is 28.5 Å². The molecule has 98 valence electrons. The van der Waals surface area contributed by atoms with Crippen LogP contribution in [0, 0.1) is 0 Å². The van der Waals surface area contributed by atoms with E-state index in [4.69, 9.17) is 4.74 Å². The van der Waals surface area contributed by atoms with E-state index in [-0.39, 0.29) is 0 Å². The summed E-state index contributed by atoms with van der Waals surface area (Å²) in [6.07, 6.45) is 3.63. The highest BCUT2D eigenvalue weighted by molar-refractivity contribution is 5.63. The van der Waals surface area contributed by atoms with E-state index in [0.29, 0.717) is 0 Å². The highest BCUT2D eigenvalue weighted by Gasteiger charge is 2.11. The van der Waals surface area contributed by atoms with E-state index in [1.807, 2.05) is 54.7 Å². The Balaban J connectivity index is 2.13. The molecule has 0 spiro atoms. The molecule has 4 heteroatoms. The number of ether oxygens (including phenoxy) is 1. The molecule has 20 heavy (non-hydrogen) atoms. The molecule has 0 aliphatic carbocycles. The molecule has 0 saturated carbocycles. The van der Waals surface area contributed by atoms with E-state index in [2.05, 4.69) is 15.0 Å². The molecule has 0 aliphatic rings. The highest BCUT2D eigenvalue weighted by Crippen LogP contribution is 2.25. The molecule has 0 unspecified atom stereocenters. The molecule has 0 bridgehead atoms. The molecular weight excluding hydrogens is 250 g/mol. The van der Waals surface area contributed by atoms with Gasteiger partial charge in [-0.25, -0.2) is 9.97 Å². The maximum absolute atomic E-state index is 5.36. The summed E-state index contributed by atoms with van der Waals surface area (Å²) < 4.78 is 5.36. The maximum Gasteiger partial charge on any atom is 0.229 e. The number of nitrogens with zero attached hydrogens (tertiary/aromatic N) is 2. The molecule has 3 aromatic heterocycles. The van der Waals surface area contributed by atoms with Crippen molar-refractivity contribution in [1.29, 1.82) is 0 Å². The average molecular weight is 264 g/mol. The molecule has 0 saturated heterocycles. The van der Waals surface area contributed by atoms with E-state index >= 15 is 0 Å². The van der Waals surface area contributed by atoms with Gasteiger partial charge in [-0.1, -0.05) is 6.07 Å². The van der Waals surface area contributed by atoms with Crippen molar-refractivity contribution >= 4 is 0 Å². The molecule has 3 heterocycles. The van der Waals surface area contributed by atoms with Crippen molar-refractivity contribution in [1.82, 2.24) is 9.97 Å². The second-order valence-electron chi connectivity index (χ2n) is 4.27. The van der Waals surface area contributed by atoms with Crippen molar-refractivity contribution < 1.29 is 9.72 Å². The maximum atomic E-state index is 5.36. The minimum absolute atomic E-state index is 0.757. The predicted octanol–water partition coefficient (Wildman–Crippen LogP) is 2.63. The number of nitrogens with one attached hydrogen (secondary N) is 1.